The number of hydrogen-bond acceptors (Lipinski definition) is 4. The van der Waals surface area contributed by atoms with Gasteiger partial charge in [-0.25, -0.2) is 4.98 Å². The molecule has 20 heavy (non-hydrogen) atoms. The second-order valence-electron chi connectivity index (χ2n) is 5.35. The van der Waals surface area contributed by atoms with Crippen LogP contribution in [0.2, 0.25) is 0 Å². The molecule has 1 aliphatic rings. The van der Waals surface area contributed by atoms with Crippen LogP contribution in [0.15, 0.2) is 12.4 Å². The minimum Gasteiger partial charge on any atom is -0.381 e. The molecule has 0 spiro atoms. The van der Waals surface area contributed by atoms with Crippen molar-refractivity contribution in [2.75, 3.05) is 26.9 Å². The summed E-state index contributed by atoms with van der Waals surface area (Å²) in [5, 5.41) is 3.58. The van der Waals surface area contributed by atoms with Crippen molar-refractivity contribution in [3.63, 3.8) is 0 Å². The second kappa shape index (κ2) is 7.20. The molecule has 1 aliphatic heterocycles. The maximum atomic E-state index is 5.95. The summed E-state index contributed by atoms with van der Waals surface area (Å²) in [7, 11) is 1.81. The number of nitrogens with one attached hydrogen (secondary N) is 1. The molecule has 2 rings (SSSR count). The van der Waals surface area contributed by atoms with Crippen LogP contribution in [0.4, 0.5) is 0 Å². The van der Waals surface area contributed by atoms with E-state index in [1.165, 1.54) is 0 Å². The predicted molar refractivity (Wildman–Crippen MR) is 78.7 cm³/mol. The number of nitrogens with zero attached hydrogens (tertiary/aromatic N) is 2. The van der Waals surface area contributed by atoms with Crippen LogP contribution in [-0.4, -0.2) is 42.0 Å². The van der Waals surface area contributed by atoms with Crippen LogP contribution >= 0.6 is 0 Å². The number of rotatable bonds is 7. The van der Waals surface area contributed by atoms with Crippen LogP contribution in [0.5, 0.6) is 0 Å². The van der Waals surface area contributed by atoms with E-state index in [0.29, 0.717) is 0 Å². The van der Waals surface area contributed by atoms with Gasteiger partial charge in [0.2, 0.25) is 0 Å². The van der Waals surface area contributed by atoms with E-state index in [4.69, 9.17) is 9.47 Å². The third-order valence-electron chi connectivity index (χ3n) is 4.15. The monoisotopic (exact) mass is 281 g/mol. The normalized spacial score (nSPS) is 19.9. The van der Waals surface area contributed by atoms with E-state index >= 15 is 0 Å². The van der Waals surface area contributed by atoms with Crippen LogP contribution in [-0.2, 0) is 16.0 Å². The van der Waals surface area contributed by atoms with E-state index in [0.717, 1.165) is 51.4 Å². The van der Waals surface area contributed by atoms with Crippen LogP contribution in [0, 0.1) is 0 Å². The van der Waals surface area contributed by atoms with Gasteiger partial charge in [0.05, 0.1) is 11.6 Å². The lowest BCUT2D eigenvalue weighted by molar-refractivity contribution is -0.113. The molecule has 5 heteroatoms. The number of ether oxygens (including phenoxy) is 2. The largest absolute Gasteiger partial charge is 0.381 e. The predicted octanol–water partition coefficient (Wildman–Crippen LogP) is 2.14. The first kappa shape index (κ1) is 15.5. The molecule has 0 bridgehead atoms. The first-order chi connectivity index (χ1) is 9.77. The molecule has 114 valence electrons. The van der Waals surface area contributed by atoms with Crippen LogP contribution in [0.25, 0.3) is 0 Å². The molecular weight excluding hydrogens is 254 g/mol. The van der Waals surface area contributed by atoms with Crippen molar-refractivity contribution in [2.24, 2.45) is 0 Å². The van der Waals surface area contributed by atoms with Gasteiger partial charge in [-0.1, -0.05) is 13.8 Å². The summed E-state index contributed by atoms with van der Waals surface area (Å²) >= 11 is 0. The molecule has 1 aromatic heterocycles. The first-order valence-electron chi connectivity index (χ1n) is 7.64. The van der Waals surface area contributed by atoms with Gasteiger partial charge < -0.3 is 19.4 Å². The number of likely N-dealkylation sites (N-methyl/N-ethyl adjacent to an activating group) is 1. The van der Waals surface area contributed by atoms with E-state index in [-0.39, 0.29) is 11.6 Å². The maximum absolute atomic E-state index is 5.95. The summed E-state index contributed by atoms with van der Waals surface area (Å²) in [5.41, 5.74) is -0.217. The fourth-order valence-corrected chi connectivity index (χ4v) is 3.06. The third kappa shape index (κ3) is 3.05. The summed E-state index contributed by atoms with van der Waals surface area (Å²) in [5.74, 6) is 1.08. The lowest BCUT2D eigenvalue weighted by Crippen LogP contribution is -2.50. The van der Waals surface area contributed by atoms with Gasteiger partial charge in [0, 0.05) is 52.1 Å². The fraction of sp³-hybridized carbons (Fsp3) is 0.800. The van der Waals surface area contributed by atoms with Crippen molar-refractivity contribution in [1.29, 1.82) is 0 Å². The molecule has 2 heterocycles. The smallest absolute Gasteiger partial charge is 0.128 e. The molecule has 5 nitrogen and oxygen atoms in total. The van der Waals surface area contributed by atoms with Gasteiger partial charge in [-0.05, 0) is 13.0 Å². The van der Waals surface area contributed by atoms with Gasteiger partial charge in [-0.3, -0.25) is 0 Å². The van der Waals surface area contributed by atoms with E-state index in [1.54, 1.807) is 0 Å². The first-order valence-corrected chi connectivity index (χ1v) is 7.64. The molecule has 0 amide bonds. The Morgan fingerprint density at radius 2 is 2.20 bits per heavy atom. The summed E-state index contributed by atoms with van der Waals surface area (Å²) in [4.78, 5) is 4.60. The minimum absolute atomic E-state index is 0.114. The minimum atomic E-state index is -0.217. The van der Waals surface area contributed by atoms with Gasteiger partial charge in [-0.2, -0.15) is 0 Å². The molecule has 1 atom stereocenters. The zero-order valence-corrected chi connectivity index (χ0v) is 12.9. The van der Waals surface area contributed by atoms with Crippen LogP contribution in [0.3, 0.4) is 0 Å². The Hall–Kier alpha value is -0.910. The Morgan fingerprint density at radius 1 is 1.45 bits per heavy atom. The molecule has 0 radical (unpaired) electrons. The van der Waals surface area contributed by atoms with E-state index in [2.05, 4.69) is 34.9 Å². The highest BCUT2D eigenvalue weighted by molar-refractivity contribution is 5.09. The standard InChI is InChI=1S/C15H27N3O2/c1-4-9-18-10-8-17-14(18)13(16-5-2)15(19-3)6-11-20-12-7-15/h8,10,13,16H,4-7,9,11-12H2,1-3H3. The van der Waals surface area contributed by atoms with E-state index < -0.39 is 0 Å². The summed E-state index contributed by atoms with van der Waals surface area (Å²) < 4.78 is 13.7. The number of imidazole rings is 1. The maximum Gasteiger partial charge on any atom is 0.128 e. The lowest BCUT2D eigenvalue weighted by Gasteiger charge is -2.42. The Kier molecular flexibility index (Phi) is 5.57. The van der Waals surface area contributed by atoms with Gasteiger partial charge in [-0.15, -0.1) is 0 Å². The zero-order valence-electron chi connectivity index (χ0n) is 12.9. The number of aryl methyl sites for hydroxylation is 1. The Morgan fingerprint density at radius 3 is 2.80 bits per heavy atom. The highest BCUT2D eigenvalue weighted by atomic mass is 16.5. The molecule has 0 aliphatic carbocycles. The van der Waals surface area contributed by atoms with Crippen molar-refractivity contribution in [3.8, 4) is 0 Å². The van der Waals surface area contributed by atoms with Gasteiger partial charge in [0.25, 0.3) is 0 Å². The molecular formula is C15H27N3O2. The Bertz CT molecular complexity index is 400. The lowest BCUT2D eigenvalue weighted by atomic mass is 9.85. The summed E-state index contributed by atoms with van der Waals surface area (Å²) in [6.07, 6.45) is 6.86. The van der Waals surface area contributed by atoms with Crippen LogP contribution in [0.1, 0.15) is 45.0 Å². The Labute approximate surface area is 121 Å². The molecule has 1 aromatic rings. The van der Waals surface area contributed by atoms with Crippen molar-refractivity contribution >= 4 is 0 Å². The highest BCUT2D eigenvalue weighted by Crippen LogP contribution is 2.36. The van der Waals surface area contributed by atoms with Crippen molar-refractivity contribution < 1.29 is 9.47 Å². The van der Waals surface area contributed by atoms with Gasteiger partial charge >= 0.3 is 0 Å². The van der Waals surface area contributed by atoms with Crippen molar-refractivity contribution in [3.05, 3.63) is 18.2 Å². The molecule has 1 fully saturated rings. The Balaban J connectivity index is 2.30. The highest BCUT2D eigenvalue weighted by Gasteiger charge is 2.43. The van der Waals surface area contributed by atoms with E-state index in [9.17, 15) is 0 Å². The molecule has 1 N–H and O–H groups in total. The second-order valence-corrected chi connectivity index (χ2v) is 5.35. The van der Waals surface area contributed by atoms with Crippen LogP contribution < -0.4 is 5.32 Å². The van der Waals surface area contributed by atoms with Crippen molar-refractivity contribution in [1.82, 2.24) is 14.9 Å². The number of hydrogen-bond donors (Lipinski definition) is 1. The third-order valence-corrected chi connectivity index (χ3v) is 4.15. The topological polar surface area (TPSA) is 48.3 Å². The average Bonchev–Trinajstić information content (AvgIpc) is 2.94. The van der Waals surface area contributed by atoms with Gasteiger partial charge in [0.15, 0.2) is 0 Å². The van der Waals surface area contributed by atoms with E-state index in [1.807, 2.05) is 13.3 Å². The summed E-state index contributed by atoms with van der Waals surface area (Å²) in [6.45, 7) is 7.72. The molecule has 0 saturated carbocycles. The molecule has 1 saturated heterocycles. The SMILES string of the molecule is CCCn1ccnc1C(NCC)C1(OC)CCOCC1. The quantitative estimate of drug-likeness (QED) is 0.832. The van der Waals surface area contributed by atoms with Gasteiger partial charge in [0.1, 0.15) is 5.82 Å². The number of aromatic nitrogens is 2. The molecule has 0 aromatic carbocycles. The summed E-state index contributed by atoms with van der Waals surface area (Å²) in [6, 6.07) is 0.114. The zero-order chi connectivity index (χ0) is 14.4. The fourth-order valence-electron chi connectivity index (χ4n) is 3.06. The number of methoxy groups -OCH3 is 1. The molecule has 1 unspecified atom stereocenters. The average molecular weight is 281 g/mol. The van der Waals surface area contributed by atoms with Crippen molar-refractivity contribution in [2.45, 2.75) is 51.3 Å².